The molecular weight excluding hydrogens is 202 g/mol. The quantitative estimate of drug-likeness (QED) is 0.830. The van der Waals surface area contributed by atoms with Crippen LogP contribution in [0.3, 0.4) is 0 Å². The summed E-state index contributed by atoms with van der Waals surface area (Å²) in [5, 5.41) is 19.3. The Hall–Kier alpha value is -2.34. The maximum Gasteiger partial charge on any atom is 0.335 e. The van der Waals surface area contributed by atoms with E-state index in [4.69, 9.17) is 10.4 Å². The zero-order valence-electron chi connectivity index (χ0n) is 8.47. The van der Waals surface area contributed by atoms with Crippen molar-refractivity contribution in [2.24, 2.45) is 0 Å². The molecule has 1 N–H and O–H groups in total. The van der Waals surface area contributed by atoms with Gasteiger partial charge >= 0.3 is 5.97 Å². The summed E-state index contributed by atoms with van der Waals surface area (Å²) in [5.41, 5.74) is 1.22. The lowest BCUT2D eigenvalue weighted by molar-refractivity contribution is 0.0697. The molecule has 2 rings (SSSR count). The second kappa shape index (κ2) is 4.03. The molecule has 0 saturated heterocycles. The van der Waals surface area contributed by atoms with Crippen LogP contribution in [0.2, 0.25) is 0 Å². The lowest BCUT2D eigenvalue weighted by Gasteiger charge is -2.01. The molecule has 0 fully saturated rings. The molecule has 0 saturated carbocycles. The largest absolute Gasteiger partial charge is 0.478 e. The van der Waals surface area contributed by atoms with Gasteiger partial charge in [0.05, 0.1) is 18.1 Å². The molecule has 0 atom stereocenters. The van der Waals surface area contributed by atoms with Crippen molar-refractivity contribution in [3.63, 3.8) is 0 Å². The van der Waals surface area contributed by atoms with E-state index in [2.05, 4.69) is 6.07 Å². The van der Waals surface area contributed by atoms with Gasteiger partial charge in [0.1, 0.15) is 0 Å². The summed E-state index contributed by atoms with van der Waals surface area (Å²) in [6, 6.07) is 12.6. The minimum absolute atomic E-state index is 0.278. The minimum atomic E-state index is -0.928. The summed E-state index contributed by atoms with van der Waals surface area (Å²) in [6.07, 6.45) is 0.372. The fraction of sp³-hybridized carbons (Fsp3) is 0.0769. The first-order valence-electron chi connectivity index (χ1n) is 4.83. The Kier molecular flexibility index (Phi) is 2.57. The van der Waals surface area contributed by atoms with Gasteiger partial charge in [-0.05, 0) is 28.5 Å². The molecule has 2 aromatic rings. The number of aromatic carboxylic acids is 1. The topological polar surface area (TPSA) is 61.1 Å². The third-order valence-corrected chi connectivity index (χ3v) is 2.43. The Bertz CT molecular complexity index is 596. The molecule has 0 spiro atoms. The van der Waals surface area contributed by atoms with Crippen molar-refractivity contribution in [1.29, 1.82) is 5.26 Å². The van der Waals surface area contributed by atoms with Crippen molar-refractivity contribution in [2.45, 2.75) is 6.42 Å². The van der Waals surface area contributed by atoms with Gasteiger partial charge < -0.3 is 5.11 Å². The van der Waals surface area contributed by atoms with Gasteiger partial charge in [0.25, 0.3) is 0 Å². The molecule has 3 heteroatoms. The molecule has 0 aliphatic heterocycles. The number of nitrogens with zero attached hydrogens (tertiary/aromatic N) is 1. The van der Waals surface area contributed by atoms with Crippen molar-refractivity contribution in [3.05, 3.63) is 47.5 Å². The van der Waals surface area contributed by atoms with Crippen LogP contribution in [0, 0.1) is 11.3 Å². The number of hydrogen-bond donors (Lipinski definition) is 1. The van der Waals surface area contributed by atoms with Gasteiger partial charge in [-0.1, -0.05) is 24.3 Å². The number of fused-ring (bicyclic) bond motifs is 1. The zero-order valence-corrected chi connectivity index (χ0v) is 8.47. The molecule has 2 aromatic carbocycles. The van der Waals surface area contributed by atoms with Crippen LogP contribution in [0.1, 0.15) is 15.9 Å². The lowest BCUT2D eigenvalue weighted by atomic mass is 10.0. The van der Waals surface area contributed by atoms with E-state index in [1.54, 1.807) is 18.2 Å². The third-order valence-electron chi connectivity index (χ3n) is 2.43. The molecule has 0 radical (unpaired) electrons. The SMILES string of the molecule is N#CCc1ccc2cc(C(=O)O)ccc2c1. The Labute approximate surface area is 92.6 Å². The van der Waals surface area contributed by atoms with E-state index >= 15 is 0 Å². The molecule has 0 aromatic heterocycles. The van der Waals surface area contributed by atoms with E-state index in [1.807, 2.05) is 18.2 Å². The maximum absolute atomic E-state index is 10.8. The van der Waals surface area contributed by atoms with Crippen LogP contribution in [0.25, 0.3) is 10.8 Å². The van der Waals surface area contributed by atoms with Gasteiger partial charge in [0.15, 0.2) is 0 Å². The van der Waals surface area contributed by atoms with E-state index in [0.717, 1.165) is 16.3 Å². The van der Waals surface area contributed by atoms with E-state index in [1.165, 1.54) is 0 Å². The van der Waals surface area contributed by atoms with E-state index in [-0.39, 0.29) is 5.56 Å². The van der Waals surface area contributed by atoms with E-state index in [9.17, 15) is 4.79 Å². The average Bonchev–Trinajstić information content (AvgIpc) is 2.28. The summed E-state index contributed by atoms with van der Waals surface area (Å²) >= 11 is 0. The van der Waals surface area contributed by atoms with Gasteiger partial charge in [-0.15, -0.1) is 0 Å². The first kappa shape index (κ1) is 10.2. The first-order valence-corrected chi connectivity index (χ1v) is 4.83. The summed E-state index contributed by atoms with van der Waals surface area (Å²) in [6.45, 7) is 0. The highest BCUT2D eigenvalue weighted by atomic mass is 16.4. The number of hydrogen-bond acceptors (Lipinski definition) is 2. The Morgan fingerprint density at radius 2 is 1.88 bits per heavy atom. The normalized spacial score (nSPS) is 9.94. The van der Waals surface area contributed by atoms with Crippen molar-refractivity contribution in [1.82, 2.24) is 0 Å². The zero-order chi connectivity index (χ0) is 11.5. The van der Waals surface area contributed by atoms with Crippen molar-refractivity contribution < 1.29 is 9.90 Å². The van der Waals surface area contributed by atoms with Crippen LogP contribution >= 0.6 is 0 Å². The smallest absolute Gasteiger partial charge is 0.335 e. The first-order chi connectivity index (χ1) is 7.70. The van der Waals surface area contributed by atoms with E-state index in [0.29, 0.717) is 6.42 Å². The molecule has 78 valence electrons. The Balaban J connectivity index is 2.53. The van der Waals surface area contributed by atoms with Gasteiger partial charge in [0.2, 0.25) is 0 Å². The number of carboxylic acid groups (broad SMARTS) is 1. The van der Waals surface area contributed by atoms with Crippen LogP contribution in [0.4, 0.5) is 0 Å². The fourth-order valence-electron chi connectivity index (χ4n) is 1.63. The molecule has 0 aliphatic carbocycles. The summed E-state index contributed by atoms with van der Waals surface area (Å²) < 4.78 is 0. The lowest BCUT2D eigenvalue weighted by Crippen LogP contribution is -1.95. The number of carbonyl (C=O) groups is 1. The maximum atomic E-state index is 10.8. The Morgan fingerprint density at radius 3 is 2.56 bits per heavy atom. The molecule has 0 amide bonds. The highest BCUT2D eigenvalue weighted by molar-refractivity contribution is 5.94. The number of nitriles is 1. The van der Waals surface area contributed by atoms with Crippen LogP contribution < -0.4 is 0 Å². The van der Waals surface area contributed by atoms with Crippen molar-refractivity contribution >= 4 is 16.7 Å². The van der Waals surface area contributed by atoms with Crippen molar-refractivity contribution in [2.75, 3.05) is 0 Å². The fourth-order valence-corrected chi connectivity index (χ4v) is 1.63. The van der Waals surface area contributed by atoms with Gasteiger partial charge in [-0.3, -0.25) is 0 Å². The van der Waals surface area contributed by atoms with Crippen LogP contribution in [-0.2, 0) is 6.42 Å². The molecule has 16 heavy (non-hydrogen) atoms. The summed E-state index contributed by atoms with van der Waals surface area (Å²) in [7, 11) is 0. The summed E-state index contributed by atoms with van der Waals surface area (Å²) in [5.74, 6) is -0.928. The molecule has 3 nitrogen and oxygen atoms in total. The van der Waals surface area contributed by atoms with Gasteiger partial charge in [-0.25, -0.2) is 4.79 Å². The van der Waals surface area contributed by atoms with Crippen LogP contribution in [0.5, 0.6) is 0 Å². The molecular formula is C13H9NO2. The van der Waals surface area contributed by atoms with Crippen molar-refractivity contribution in [3.8, 4) is 6.07 Å². The second-order valence-electron chi connectivity index (χ2n) is 3.54. The monoisotopic (exact) mass is 211 g/mol. The molecule has 0 unspecified atom stereocenters. The highest BCUT2D eigenvalue weighted by Gasteiger charge is 2.03. The molecule has 0 heterocycles. The predicted molar refractivity (Wildman–Crippen MR) is 60.2 cm³/mol. The van der Waals surface area contributed by atoms with Gasteiger partial charge in [0, 0.05) is 0 Å². The highest BCUT2D eigenvalue weighted by Crippen LogP contribution is 2.18. The summed E-state index contributed by atoms with van der Waals surface area (Å²) in [4.78, 5) is 10.8. The van der Waals surface area contributed by atoms with Crippen LogP contribution in [-0.4, -0.2) is 11.1 Å². The standard InChI is InChI=1S/C13H9NO2/c14-6-5-9-1-2-11-8-12(13(15)16)4-3-10(11)7-9/h1-4,7-8H,5H2,(H,15,16). The van der Waals surface area contributed by atoms with E-state index < -0.39 is 5.97 Å². The van der Waals surface area contributed by atoms with Gasteiger partial charge in [-0.2, -0.15) is 5.26 Å². The number of benzene rings is 2. The number of carboxylic acids is 1. The molecule has 0 aliphatic rings. The third kappa shape index (κ3) is 1.86. The molecule has 0 bridgehead atoms. The Morgan fingerprint density at radius 1 is 1.19 bits per heavy atom. The van der Waals surface area contributed by atoms with Crippen LogP contribution in [0.15, 0.2) is 36.4 Å². The number of rotatable bonds is 2. The average molecular weight is 211 g/mol. The second-order valence-corrected chi connectivity index (χ2v) is 3.54. The predicted octanol–water partition coefficient (Wildman–Crippen LogP) is 2.60. The minimum Gasteiger partial charge on any atom is -0.478 e.